The number of piperidine rings is 2. The molecule has 3 aliphatic rings. The maximum absolute atomic E-state index is 13.8. The Balaban J connectivity index is 1.41. The van der Waals surface area contributed by atoms with Crippen LogP contribution < -0.4 is 0 Å². The molecule has 200 valence electrons. The highest BCUT2D eigenvalue weighted by Gasteiger charge is 2.37. The molecule has 2 aromatic rings. The summed E-state index contributed by atoms with van der Waals surface area (Å²) in [5.74, 6) is 0.538. The fourth-order valence-corrected chi connectivity index (χ4v) is 6.51. The van der Waals surface area contributed by atoms with E-state index in [1.54, 1.807) is 4.57 Å². The third-order valence-corrected chi connectivity index (χ3v) is 8.09. The van der Waals surface area contributed by atoms with E-state index >= 15 is 0 Å². The molecule has 1 atom stereocenters. The van der Waals surface area contributed by atoms with Crippen molar-refractivity contribution in [1.82, 2.24) is 19.3 Å². The number of carbonyl (C=O) groups is 2. The number of amides is 2. The van der Waals surface area contributed by atoms with Crippen LogP contribution in [0.3, 0.4) is 0 Å². The van der Waals surface area contributed by atoms with Crippen LogP contribution >= 0.6 is 0 Å². The lowest BCUT2D eigenvalue weighted by molar-refractivity contribution is 0.114. The zero-order valence-corrected chi connectivity index (χ0v) is 22.9. The van der Waals surface area contributed by atoms with Crippen LogP contribution in [0.1, 0.15) is 71.1 Å². The molecular formula is C30H42N4O3. The zero-order chi connectivity index (χ0) is 26.2. The maximum Gasteiger partial charge on any atom is 0.419 e. The van der Waals surface area contributed by atoms with Crippen molar-refractivity contribution in [3.05, 3.63) is 41.7 Å². The molecule has 5 rings (SSSR count). The molecule has 0 saturated carbocycles. The summed E-state index contributed by atoms with van der Waals surface area (Å²) in [5, 5.41) is 1.03. The third-order valence-electron chi connectivity index (χ3n) is 8.09. The Morgan fingerprint density at radius 3 is 2.57 bits per heavy atom. The molecular weight excluding hydrogens is 464 g/mol. The Hall–Kier alpha value is -2.80. The van der Waals surface area contributed by atoms with Gasteiger partial charge < -0.3 is 19.4 Å². The van der Waals surface area contributed by atoms with Crippen LogP contribution in [0.25, 0.3) is 17.0 Å². The number of ether oxygens (including phenoxy) is 1. The quantitative estimate of drug-likeness (QED) is 0.519. The lowest BCUT2D eigenvalue weighted by Gasteiger charge is -2.39. The molecule has 7 heteroatoms. The van der Waals surface area contributed by atoms with E-state index in [4.69, 9.17) is 4.74 Å². The minimum Gasteiger partial charge on any atom is -0.446 e. The van der Waals surface area contributed by atoms with E-state index < -0.39 is 0 Å². The number of benzene rings is 1. The Kier molecular flexibility index (Phi) is 7.35. The molecule has 2 saturated heterocycles. The molecule has 3 aliphatic heterocycles. The van der Waals surface area contributed by atoms with E-state index in [2.05, 4.69) is 24.8 Å². The van der Waals surface area contributed by atoms with Gasteiger partial charge in [0.2, 0.25) is 0 Å². The van der Waals surface area contributed by atoms with Crippen molar-refractivity contribution in [3.8, 4) is 0 Å². The van der Waals surface area contributed by atoms with Gasteiger partial charge in [0.05, 0.1) is 17.3 Å². The number of hydrogen-bond acceptors (Lipinski definition) is 4. The van der Waals surface area contributed by atoms with Crippen LogP contribution in [0.15, 0.2) is 30.5 Å². The van der Waals surface area contributed by atoms with Gasteiger partial charge in [0, 0.05) is 43.2 Å². The molecule has 7 nitrogen and oxygen atoms in total. The summed E-state index contributed by atoms with van der Waals surface area (Å²) in [7, 11) is 0. The highest BCUT2D eigenvalue weighted by Crippen LogP contribution is 2.39. The SMILES string of the molecule is CC(C)OC(=O)n1c2c(c3ccccc31)C(C)(C)CN(C(=O)N1CCC[C@H](CN3CCCCC3)C1)C=C2. The standard InChI is InChI=1S/C30H42N4O3/c1-22(2)37-29(36)34-25-13-7-6-12-24(25)27-26(34)14-18-33(21-30(27,3)4)28(35)32-17-10-11-23(20-32)19-31-15-8-5-9-16-31/h6-7,12-14,18,22-23H,5,8-11,15-17,19-21H2,1-4H3/t23-/m1/s1. The smallest absolute Gasteiger partial charge is 0.419 e. The average molecular weight is 507 g/mol. The molecule has 0 N–H and O–H groups in total. The number of fused-ring (bicyclic) bond motifs is 3. The van der Waals surface area contributed by atoms with Gasteiger partial charge in [0.25, 0.3) is 0 Å². The van der Waals surface area contributed by atoms with Gasteiger partial charge in [-0.15, -0.1) is 0 Å². The fourth-order valence-electron chi connectivity index (χ4n) is 6.51. The first-order chi connectivity index (χ1) is 17.7. The number of likely N-dealkylation sites (tertiary alicyclic amines) is 2. The van der Waals surface area contributed by atoms with Crippen LogP contribution in [0.2, 0.25) is 0 Å². The van der Waals surface area contributed by atoms with E-state index in [1.807, 2.05) is 54.1 Å². The molecule has 0 bridgehead atoms. The molecule has 1 aromatic carbocycles. The van der Waals surface area contributed by atoms with E-state index in [9.17, 15) is 9.59 Å². The van der Waals surface area contributed by atoms with Gasteiger partial charge in [-0.3, -0.25) is 0 Å². The monoisotopic (exact) mass is 506 g/mol. The Morgan fingerprint density at radius 1 is 1.05 bits per heavy atom. The van der Waals surface area contributed by atoms with Crippen LogP contribution in [0, 0.1) is 5.92 Å². The lowest BCUT2D eigenvalue weighted by Crippen LogP contribution is -2.50. The number of rotatable bonds is 3. The molecule has 0 unspecified atom stereocenters. The number of aromatic nitrogens is 1. The highest BCUT2D eigenvalue weighted by atomic mass is 16.6. The van der Waals surface area contributed by atoms with Crippen molar-refractivity contribution >= 4 is 29.1 Å². The second-order valence-electron chi connectivity index (χ2n) is 12.0. The van der Waals surface area contributed by atoms with Crippen LogP contribution in [-0.4, -0.2) is 76.8 Å². The van der Waals surface area contributed by atoms with Crippen LogP contribution in [0.5, 0.6) is 0 Å². The molecule has 0 spiro atoms. The normalized spacial score (nSPS) is 22.2. The van der Waals surface area contributed by atoms with Crippen molar-refractivity contribution in [1.29, 1.82) is 0 Å². The van der Waals surface area contributed by atoms with Gasteiger partial charge in [-0.05, 0) is 76.2 Å². The van der Waals surface area contributed by atoms with Gasteiger partial charge in [0.15, 0.2) is 0 Å². The van der Waals surface area contributed by atoms with Gasteiger partial charge in [-0.25, -0.2) is 14.2 Å². The number of hydrogen-bond donors (Lipinski definition) is 0. The van der Waals surface area contributed by atoms with E-state index in [-0.39, 0.29) is 23.6 Å². The first-order valence-corrected chi connectivity index (χ1v) is 14.1. The van der Waals surface area contributed by atoms with Gasteiger partial charge >= 0.3 is 12.1 Å². The van der Waals surface area contributed by atoms with Crippen molar-refractivity contribution in [2.75, 3.05) is 39.3 Å². The van der Waals surface area contributed by atoms with E-state index in [1.165, 1.54) is 38.8 Å². The number of carbonyl (C=O) groups excluding carboxylic acids is 2. The predicted molar refractivity (Wildman–Crippen MR) is 148 cm³/mol. The molecule has 0 aliphatic carbocycles. The topological polar surface area (TPSA) is 58.0 Å². The third kappa shape index (κ3) is 5.28. The number of nitrogens with zero attached hydrogens (tertiary/aromatic N) is 4. The molecule has 2 amide bonds. The maximum atomic E-state index is 13.8. The summed E-state index contributed by atoms with van der Waals surface area (Å²) < 4.78 is 7.29. The summed E-state index contributed by atoms with van der Waals surface area (Å²) in [5.41, 5.74) is 2.36. The lowest BCUT2D eigenvalue weighted by atomic mass is 9.82. The number of urea groups is 1. The Bertz CT molecular complexity index is 1170. The van der Waals surface area contributed by atoms with Gasteiger partial charge in [0.1, 0.15) is 0 Å². The Labute approximate surface area is 221 Å². The number of para-hydroxylation sites is 1. The minimum absolute atomic E-state index is 0.0680. The molecule has 37 heavy (non-hydrogen) atoms. The predicted octanol–water partition coefficient (Wildman–Crippen LogP) is 5.92. The van der Waals surface area contributed by atoms with E-state index in [0.29, 0.717) is 12.5 Å². The zero-order valence-electron chi connectivity index (χ0n) is 22.9. The van der Waals surface area contributed by atoms with E-state index in [0.717, 1.165) is 48.2 Å². The summed E-state index contributed by atoms with van der Waals surface area (Å²) in [6, 6.07) is 8.05. The first-order valence-electron chi connectivity index (χ1n) is 14.1. The largest absolute Gasteiger partial charge is 0.446 e. The van der Waals surface area contributed by atoms with Crippen molar-refractivity contribution in [2.24, 2.45) is 5.92 Å². The minimum atomic E-state index is -0.385. The van der Waals surface area contributed by atoms with Gasteiger partial charge in [-0.1, -0.05) is 38.5 Å². The van der Waals surface area contributed by atoms with Crippen molar-refractivity contribution in [2.45, 2.75) is 71.3 Å². The van der Waals surface area contributed by atoms with Crippen molar-refractivity contribution < 1.29 is 14.3 Å². The average Bonchev–Trinajstić information content (AvgIpc) is 3.14. The molecule has 1 aromatic heterocycles. The Morgan fingerprint density at radius 2 is 1.81 bits per heavy atom. The molecule has 4 heterocycles. The fraction of sp³-hybridized carbons (Fsp3) is 0.600. The van der Waals surface area contributed by atoms with Crippen LogP contribution in [-0.2, 0) is 10.2 Å². The molecule has 2 fully saturated rings. The first kappa shape index (κ1) is 25.8. The highest BCUT2D eigenvalue weighted by molar-refractivity contribution is 5.97. The van der Waals surface area contributed by atoms with Crippen LogP contribution in [0.4, 0.5) is 9.59 Å². The summed E-state index contributed by atoms with van der Waals surface area (Å²) in [4.78, 5) is 33.5. The summed E-state index contributed by atoms with van der Waals surface area (Å²) >= 11 is 0. The second-order valence-corrected chi connectivity index (χ2v) is 12.0. The van der Waals surface area contributed by atoms with Crippen molar-refractivity contribution in [3.63, 3.8) is 0 Å². The summed E-state index contributed by atoms with van der Waals surface area (Å²) in [6.45, 7) is 13.7. The molecule has 0 radical (unpaired) electrons. The van der Waals surface area contributed by atoms with Gasteiger partial charge in [-0.2, -0.15) is 0 Å². The second kappa shape index (κ2) is 10.5. The summed E-state index contributed by atoms with van der Waals surface area (Å²) in [6.07, 6.45) is 9.39.